The van der Waals surface area contributed by atoms with Gasteiger partial charge in [-0.1, -0.05) is 30.3 Å². The minimum absolute atomic E-state index is 0.0519. The van der Waals surface area contributed by atoms with E-state index in [1.807, 2.05) is 31.2 Å². The van der Waals surface area contributed by atoms with Crippen molar-refractivity contribution in [2.45, 2.75) is 31.2 Å². The molecule has 2 atom stereocenters. The van der Waals surface area contributed by atoms with Gasteiger partial charge in [-0.15, -0.1) is 0 Å². The van der Waals surface area contributed by atoms with Crippen LogP contribution in [0.1, 0.15) is 36.8 Å². The normalized spacial score (nSPS) is 20.2. The minimum atomic E-state index is -0.468. The van der Waals surface area contributed by atoms with Gasteiger partial charge in [-0.2, -0.15) is 0 Å². The van der Waals surface area contributed by atoms with Gasteiger partial charge in [-0.25, -0.2) is 0 Å². The number of aromatic amines is 1. The summed E-state index contributed by atoms with van der Waals surface area (Å²) in [7, 11) is 1.67. The number of methoxy groups -OCH3 is 1. The van der Waals surface area contributed by atoms with Gasteiger partial charge in [0.15, 0.2) is 0 Å². The fourth-order valence-electron chi connectivity index (χ4n) is 4.10. The second kappa shape index (κ2) is 7.68. The molecule has 0 radical (unpaired) electrons. The van der Waals surface area contributed by atoms with Gasteiger partial charge < -0.3 is 20.4 Å². The van der Waals surface area contributed by atoms with E-state index in [0.29, 0.717) is 6.54 Å². The van der Waals surface area contributed by atoms with E-state index in [1.165, 1.54) is 10.9 Å². The smallest absolute Gasteiger partial charge is 0.240 e. The Balaban J connectivity index is 1.64. The second-order valence-corrected chi connectivity index (χ2v) is 7.69. The average Bonchev–Trinajstić information content (AvgIpc) is 3.36. The molecule has 1 saturated heterocycles. The molecule has 3 N–H and O–H groups in total. The molecule has 4 rings (SSSR count). The van der Waals surface area contributed by atoms with E-state index in [9.17, 15) is 4.79 Å². The fraction of sp³-hybridized carbons (Fsp3) is 0.348. The lowest BCUT2D eigenvalue weighted by Gasteiger charge is -2.25. The van der Waals surface area contributed by atoms with Gasteiger partial charge in [-0.3, -0.25) is 4.79 Å². The van der Waals surface area contributed by atoms with Crippen molar-refractivity contribution in [3.8, 4) is 5.75 Å². The van der Waals surface area contributed by atoms with E-state index in [2.05, 4.69) is 46.1 Å². The van der Waals surface area contributed by atoms with Crippen LogP contribution in [0.2, 0.25) is 0 Å². The monoisotopic (exact) mass is 377 g/mol. The third kappa shape index (κ3) is 3.50. The number of amides is 1. The summed E-state index contributed by atoms with van der Waals surface area (Å²) >= 11 is 0. The topological polar surface area (TPSA) is 66.2 Å². The van der Waals surface area contributed by atoms with Gasteiger partial charge >= 0.3 is 0 Å². The number of nitrogens with one attached hydrogen (secondary N) is 3. The van der Waals surface area contributed by atoms with Gasteiger partial charge in [0.25, 0.3) is 0 Å². The molecule has 1 fully saturated rings. The lowest BCUT2D eigenvalue weighted by atomic mass is 9.90. The number of hydrogen-bond donors (Lipinski definition) is 3. The molecule has 1 aliphatic rings. The van der Waals surface area contributed by atoms with Gasteiger partial charge in [0.05, 0.1) is 12.6 Å². The summed E-state index contributed by atoms with van der Waals surface area (Å²) in [5.74, 6) is 0.951. The van der Waals surface area contributed by atoms with Crippen molar-refractivity contribution in [1.82, 2.24) is 15.6 Å². The SMILES string of the molecule is COc1ccc(C(CNC(=O)C2(C)CCCN2)c2c[nH]c3ccccc23)cc1. The van der Waals surface area contributed by atoms with E-state index in [4.69, 9.17) is 4.74 Å². The van der Waals surface area contributed by atoms with Gasteiger partial charge in [0.2, 0.25) is 5.91 Å². The van der Waals surface area contributed by atoms with Gasteiger partial charge in [0, 0.05) is 29.6 Å². The van der Waals surface area contributed by atoms with Crippen molar-refractivity contribution in [3.05, 3.63) is 65.9 Å². The van der Waals surface area contributed by atoms with Crippen LogP contribution in [0.5, 0.6) is 5.75 Å². The molecule has 1 aliphatic heterocycles. The number of carbonyl (C=O) groups excluding carboxylic acids is 1. The molecule has 2 aromatic carbocycles. The summed E-state index contributed by atoms with van der Waals surface area (Å²) in [6.07, 6.45) is 3.97. The highest BCUT2D eigenvalue weighted by molar-refractivity contribution is 5.87. The lowest BCUT2D eigenvalue weighted by Crippen LogP contribution is -2.51. The quantitative estimate of drug-likeness (QED) is 0.615. The maximum absolute atomic E-state index is 12.8. The number of aromatic nitrogens is 1. The van der Waals surface area contributed by atoms with Crippen molar-refractivity contribution >= 4 is 16.8 Å². The number of hydrogen-bond acceptors (Lipinski definition) is 3. The number of H-pyrrole nitrogens is 1. The standard InChI is InChI=1S/C23H27N3O2/c1-23(12-5-13-26-23)22(27)25-14-19(16-8-10-17(28-2)11-9-16)20-15-24-21-7-4-3-6-18(20)21/h3-4,6-11,15,19,24,26H,5,12-14H2,1-2H3,(H,25,27). The Labute approximate surface area is 165 Å². The van der Waals surface area contributed by atoms with Crippen LogP contribution in [0.25, 0.3) is 10.9 Å². The first-order valence-electron chi connectivity index (χ1n) is 9.84. The van der Waals surface area contributed by atoms with Crippen molar-refractivity contribution < 1.29 is 9.53 Å². The zero-order valence-electron chi connectivity index (χ0n) is 16.4. The molecule has 1 aromatic heterocycles. The number of fused-ring (bicyclic) bond motifs is 1. The molecule has 0 bridgehead atoms. The van der Waals surface area contributed by atoms with Gasteiger partial charge in [0.1, 0.15) is 5.75 Å². The zero-order valence-corrected chi connectivity index (χ0v) is 16.4. The lowest BCUT2D eigenvalue weighted by molar-refractivity contribution is -0.126. The molecular formula is C23H27N3O2. The summed E-state index contributed by atoms with van der Waals surface area (Å²) in [6.45, 7) is 3.43. The van der Waals surface area contributed by atoms with E-state index in [-0.39, 0.29) is 11.8 Å². The summed E-state index contributed by atoms with van der Waals surface area (Å²) < 4.78 is 5.30. The second-order valence-electron chi connectivity index (χ2n) is 7.69. The number of para-hydroxylation sites is 1. The van der Waals surface area contributed by atoms with Crippen LogP contribution in [0.4, 0.5) is 0 Å². The third-order valence-corrected chi connectivity index (χ3v) is 5.85. The summed E-state index contributed by atoms with van der Waals surface area (Å²) in [4.78, 5) is 16.2. The third-order valence-electron chi connectivity index (χ3n) is 5.85. The fourth-order valence-corrected chi connectivity index (χ4v) is 4.10. The van der Waals surface area contributed by atoms with Crippen LogP contribution < -0.4 is 15.4 Å². The first-order chi connectivity index (χ1) is 13.6. The van der Waals surface area contributed by atoms with Crippen molar-refractivity contribution in [2.24, 2.45) is 0 Å². The largest absolute Gasteiger partial charge is 0.497 e. The highest BCUT2D eigenvalue weighted by atomic mass is 16.5. The molecule has 0 spiro atoms. The number of ether oxygens (including phenoxy) is 1. The van der Waals surface area contributed by atoms with Crippen LogP contribution in [0.3, 0.4) is 0 Å². The first kappa shape index (κ1) is 18.6. The highest BCUT2D eigenvalue weighted by Gasteiger charge is 2.36. The maximum Gasteiger partial charge on any atom is 0.240 e. The molecule has 2 heterocycles. The Morgan fingerprint density at radius 3 is 2.71 bits per heavy atom. The van der Waals surface area contributed by atoms with Crippen molar-refractivity contribution in [2.75, 3.05) is 20.2 Å². The molecule has 2 unspecified atom stereocenters. The summed E-state index contributed by atoms with van der Waals surface area (Å²) in [5, 5.41) is 7.72. The number of rotatable bonds is 6. The molecule has 5 heteroatoms. The summed E-state index contributed by atoms with van der Waals surface area (Å²) in [5.41, 5.74) is 2.97. The van der Waals surface area contributed by atoms with Crippen molar-refractivity contribution in [1.29, 1.82) is 0 Å². The number of carbonyl (C=O) groups is 1. The molecule has 0 aliphatic carbocycles. The van der Waals surface area contributed by atoms with Crippen LogP contribution in [0.15, 0.2) is 54.7 Å². The van der Waals surface area contributed by atoms with E-state index in [1.54, 1.807) is 7.11 Å². The van der Waals surface area contributed by atoms with Crippen LogP contribution >= 0.6 is 0 Å². The Bertz CT molecular complexity index is 955. The molecular weight excluding hydrogens is 350 g/mol. The highest BCUT2D eigenvalue weighted by Crippen LogP contribution is 2.31. The van der Waals surface area contributed by atoms with E-state index < -0.39 is 5.54 Å². The Kier molecular flexibility index (Phi) is 5.09. The first-order valence-corrected chi connectivity index (χ1v) is 9.84. The molecule has 28 heavy (non-hydrogen) atoms. The Hall–Kier alpha value is -2.79. The number of benzene rings is 2. The average molecular weight is 377 g/mol. The van der Waals surface area contributed by atoms with Crippen LogP contribution in [0, 0.1) is 0 Å². The molecule has 3 aromatic rings. The van der Waals surface area contributed by atoms with E-state index >= 15 is 0 Å². The maximum atomic E-state index is 12.8. The zero-order chi connectivity index (χ0) is 19.6. The Morgan fingerprint density at radius 2 is 2.00 bits per heavy atom. The van der Waals surface area contributed by atoms with Gasteiger partial charge in [-0.05, 0) is 55.6 Å². The predicted octanol–water partition coefficient (Wildman–Crippen LogP) is 3.57. The molecule has 146 valence electrons. The Morgan fingerprint density at radius 1 is 1.21 bits per heavy atom. The summed E-state index contributed by atoms with van der Waals surface area (Å²) in [6, 6.07) is 16.4. The molecule has 1 amide bonds. The molecule has 5 nitrogen and oxygen atoms in total. The minimum Gasteiger partial charge on any atom is -0.497 e. The molecule has 0 saturated carbocycles. The van der Waals surface area contributed by atoms with Crippen LogP contribution in [-0.2, 0) is 4.79 Å². The predicted molar refractivity (Wildman–Crippen MR) is 112 cm³/mol. The van der Waals surface area contributed by atoms with Crippen LogP contribution in [-0.4, -0.2) is 36.6 Å². The van der Waals surface area contributed by atoms with E-state index in [0.717, 1.165) is 36.2 Å². The van der Waals surface area contributed by atoms with Crippen molar-refractivity contribution in [3.63, 3.8) is 0 Å².